The number of benzene rings is 3. The fourth-order valence-electron chi connectivity index (χ4n) is 3.81. The number of halogens is 2. The molecule has 4 nitrogen and oxygen atoms in total. The molecular formula is C29H32Cl2N2O2S. The molecule has 2 amide bonds. The van der Waals surface area contributed by atoms with Gasteiger partial charge in [0.05, 0.1) is 5.75 Å². The highest BCUT2D eigenvalue weighted by atomic mass is 35.5. The SMILES string of the molecule is Cc1ccc(CSCC(=O)N(Cc2c(Cl)cccc2Cl)[C@@H](Cc2ccccc2)C(=O)NC(C)C)cc1. The summed E-state index contributed by atoms with van der Waals surface area (Å²) < 4.78 is 0. The summed E-state index contributed by atoms with van der Waals surface area (Å²) in [5, 5.41) is 3.93. The smallest absolute Gasteiger partial charge is 0.243 e. The van der Waals surface area contributed by atoms with Crippen molar-refractivity contribution in [2.45, 2.75) is 51.6 Å². The van der Waals surface area contributed by atoms with Gasteiger partial charge in [0.25, 0.3) is 0 Å². The third-order valence-corrected chi connectivity index (χ3v) is 7.40. The van der Waals surface area contributed by atoms with E-state index in [0.717, 1.165) is 11.1 Å². The Kier molecular flexibility index (Phi) is 10.7. The molecule has 1 atom stereocenters. The van der Waals surface area contributed by atoms with Crippen LogP contribution in [0.5, 0.6) is 0 Å². The molecule has 190 valence electrons. The second-order valence-electron chi connectivity index (χ2n) is 9.07. The topological polar surface area (TPSA) is 49.4 Å². The molecule has 0 saturated heterocycles. The molecule has 0 aromatic heterocycles. The average molecular weight is 544 g/mol. The lowest BCUT2D eigenvalue weighted by atomic mass is 10.0. The van der Waals surface area contributed by atoms with Gasteiger partial charge in [0.2, 0.25) is 11.8 Å². The summed E-state index contributed by atoms with van der Waals surface area (Å²) in [6, 6.07) is 22.5. The second kappa shape index (κ2) is 13.7. The third kappa shape index (κ3) is 8.29. The van der Waals surface area contributed by atoms with E-state index in [1.54, 1.807) is 23.1 Å². The summed E-state index contributed by atoms with van der Waals surface area (Å²) in [4.78, 5) is 28.7. The normalized spacial score (nSPS) is 11.8. The van der Waals surface area contributed by atoms with Crippen molar-refractivity contribution >= 4 is 46.8 Å². The minimum Gasteiger partial charge on any atom is -0.352 e. The zero-order valence-electron chi connectivity index (χ0n) is 20.8. The van der Waals surface area contributed by atoms with Gasteiger partial charge in [-0.25, -0.2) is 0 Å². The van der Waals surface area contributed by atoms with Crippen LogP contribution in [0.15, 0.2) is 72.8 Å². The summed E-state index contributed by atoms with van der Waals surface area (Å²) in [5.41, 5.74) is 3.95. The molecule has 0 heterocycles. The molecule has 3 rings (SSSR count). The van der Waals surface area contributed by atoms with Crippen molar-refractivity contribution in [3.05, 3.63) is 105 Å². The zero-order chi connectivity index (χ0) is 26.1. The molecule has 0 unspecified atom stereocenters. The van der Waals surface area contributed by atoms with E-state index in [-0.39, 0.29) is 30.2 Å². The van der Waals surface area contributed by atoms with E-state index >= 15 is 0 Å². The van der Waals surface area contributed by atoms with Crippen molar-refractivity contribution in [3.8, 4) is 0 Å². The van der Waals surface area contributed by atoms with Gasteiger partial charge in [-0.1, -0.05) is 89.4 Å². The summed E-state index contributed by atoms with van der Waals surface area (Å²) in [6.07, 6.45) is 0.385. The Balaban J connectivity index is 1.89. The Morgan fingerprint density at radius 3 is 2.14 bits per heavy atom. The predicted molar refractivity (Wildman–Crippen MR) is 152 cm³/mol. The van der Waals surface area contributed by atoms with Gasteiger partial charge >= 0.3 is 0 Å². The van der Waals surface area contributed by atoms with Crippen molar-refractivity contribution in [1.29, 1.82) is 0 Å². The lowest BCUT2D eigenvalue weighted by molar-refractivity contribution is -0.139. The number of nitrogens with zero attached hydrogens (tertiary/aromatic N) is 1. The summed E-state index contributed by atoms with van der Waals surface area (Å²) in [5.74, 6) is 0.599. The first-order valence-corrected chi connectivity index (χ1v) is 13.9. The highest BCUT2D eigenvalue weighted by Gasteiger charge is 2.31. The van der Waals surface area contributed by atoms with Gasteiger partial charge in [-0.15, -0.1) is 11.8 Å². The number of thioether (sulfide) groups is 1. The maximum Gasteiger partial charge on any atom is 0.243 e. The lowest BCUT2D eigenvalue weighted by Gasteiger charge is -2.32. The van der Waals surface area contributed by atoms with Crippen molar-refractivity contribution in [2.24, 2.45) is 0 Å². The average Bonchev–Trinajstić information content (AvgIpc) is 2.84. The molecule has 0 aliphatic rings. The van der Waals surface area contributed by atoms with Crippen LogP contribution in [-0.2, 0) is 28.3 Å². The Hall–Kier alpha value is -2.47. The van der Waals surface area contributed by atoms with Crippen LogP contribution in [0.2, 0.25) is 10.0 Å². The molecule has 3 aromatic carbocycles. The summed E-state index contributed by atoms with van der Waals surface area (Å²) in [6.45, 7) is 6.01. The second-order valence-corrected chi connectivity index (χ2v) is 10.9. The van der Waals surface area contributed by atoms with E-state index < -0.39 is 6.04 Å². The maximum absolute atomic E-state index is 13.7. The number of hydrogen-bond acceptors (Lipinski definition) is 3. The number of carbonyl (C=O) groups excluding carboxylic acids is 2. The molecule has 3 aromatic rings. The molecule has 0 radical (unpaired) electrons. The summed E-state index contributed by atoms with van der Waals surface area (Å²) >= 11 is 14.5. The van der Waals surface area contributed by atoms with Gasteiger partial charge in [-0.05, 0) is 44.0 Å². The minimum atomic E-state index is -0.713. The molecule has 0 bridgehead atoms. The molecule has 1 N–H and O–H groups in total. The molecule has 0 saturated carbocycles. The lowest BCUT2D eigenvalue weighted by Crippen LogP contribution is -2.52. The van der Waals surface area contributed by atoms with Crippen molar-refractivity contribution in [1.82, 2.24) is 10.2 Å². The highest BCUT2D eigenvalue weighted by molar-refractivity contribution is 7.99. The van der Waals surface area contributed by atoms with E-state index in [0.29, 0.717) is 27.8 Å². The van der Waals surface area contributed by atoms with E-state index in [4.69, 9.17) is 23.2 Å². The first-order chi connectivity index (χ1) is 17.2. The van der Waals surface area contributed by atoms with Crippen molar-refractivity contribution in [3.63, 3.8) is 0 Å². The number of amides is 2. The number of nitrogens with one attached hydrogen (secondary N) is 1. The van der Waals surface area contributed by atoms with Gasteiger partial charge in [-0.3, -0.25) is 9.59 Å². The van der Waals surface area contributed by atoms with Gasteiger partial charge in [0.1, 0.15) is 6.04 Å². The van der Waals surface area contributed by atoms with Crippen molar-refractivity contribution < 1.29 is 9.59 Å². The van der Waals surface area contributed by atoms with E-state index in [2.05, 4.69) is 29.6 Å². The fraction of sp³-hybridized carbons (Fsp3) is 0.310. The van der Waals surface area contributed by atoms with Crippen LogP contribution in [-0.4, -0.2) is 34.6 Å². The van der Waals surface area contributed by atoms with Crippen LogP contribution in [0.25, 0.3) is 0 Å². The molecule has 0 aliphatic carbocycles. The number of carbonyl (C=O) groups is 2. The zero-order valence-corrected chi connectivity index (χ0v) is 23.2. The fourth-order valence-corrected chi connectivity index (χ4v) is 5.20. The number of rotatable bonds is 11. The Bertz CT molecular complexity index is 1130. The standard InChI is InChI=1S/C29H32Cl2N2O2S/c1-20(2)32-29(35)27(16-22-8-5-4-6-9-22)33(17-24-25(30)10-7-11-26(24)31)28(34)19-36-18-23-14-12-21(3)13-15-23/h4-15,20,27H,16-19H2,1-3H3,(H,32,35)/t27-/m0/s1. The van der Waals surface area contributed by atoms with Gasteiger partial charge in [0, 0.05) is 40.4 Å². The molecule has 0 aliphatic heterocycles. The molecule has 7 heteroatoms. The van der Waals surface area contributed by atoms with E-state index in [1.165, 1.54) is 17.3 Å². The molecular weight excluding hydrogens is 511 g/mol. The Labute approximate surface area is 228 Å². The van der Waals surface area contributed by atoms with Crippen LogP contribution in [0.1, 0.15) is 36.1 Å². The predicted octanol–water partition coefficient (Wildman–Crippen LogP) is 6.70. The Morgan fingerprint density at radius 2 is 1.53 bits per heavy atom. The minimum absolute atomic E-state index is 0.0625. The van der Waals surface area contributed by atoms with Gasteiger partial charge in [-0.2, -0.15) is 0 Å². The molecule has 0 fully saturated rings. The molecule has 0 spiro atoms. The first kappa shape index (κ1) is 28.1. The third-order valence-electron chi connectivity index (χ3n) is 5.71. The Morgan fingerprint density at radius 1 is 0.889 bits per heavy atom. The van der Waals surface area contributed by atoms with Gasteiger partial charge < -0.3 is 10.2 Å². The van der Waals surface area contributed by atoms with Crippen LogP contribution >= 0.6 is 35.0 Å². The summed E-state index contributed by atoms with van der Waals surface area (Å²) in [7, 11) is 0. The number of aryl methyl sites for hydroxylation is 1. The maximum atomic E-state index is 13.7. The van der Waals surface area contributed by atoms with Crippen LogP contribution in [0, 0.1) is 6.92 Å². The highest BCUT2D eigenvalue weighted by Crippen LogP contribution is 2.28. The molecule has 36 heavy (non-hydrogen) atoms. The van der Waals surface area contributed by atoms with E-state index in [1.807, 2.05) is 51.1 Å². The van der Waals surface area contributed by atoms with Crippen LogP contribution in [0.3, 0.4) is 0 Å². The van der Waals surface area contributed by atoms with Gasteiger partial charge in [0.15, 0.2) is 0 Å². The first-order valence-electron chi connectivity index (χ1n) is 11.9. The van der Waals surface area contributed by atoms with Crippen LogP contribution in [0.4, 0.5) is 0 Å². The van der Waals surface area contributed by atoms with Crippen LogP contribution < -0.4 is 5.32 Å². The largest absolute Gasteiger partial charge is 0.352 e. The number of hydrogen-bond donors (Lipinski definition) is 1. The monoisotopic (exact) mass is 542 g/mol. The van der Waals surface area contributed by atoms with E-state index in [9.17, 15) is 9.59 Å². The quantitative estimate of drug-likeness (QED) is 0.293. The van der Waals surface area contributed by atoms with Crippen molar-refractivity contribution in [2.75, 3.05) is 5.75 Å².